The highest BCUT2D eigenvalue weighted by atomic mass is 16.5. The first kappa shape index (κ1) is 11.4. The highest BCUT2D eigenvalue weighted by Crippen LogP contribution is 2.02. The zero-order chi connectivity index (χ0) is 9.40. The van der Waals surface area contributed by atoms with Crippen LogP contribution in [-0.4, -0.2) is 37.9 Å². The second kappa shape index (κ2) is 7.06. The van der Waals surface area contributed by atoms with E-state index in [9.17, 15) is 4.79 Å². The SMILES string of the molecule is CCC(CNCCO)C(=O)OC. The van der Waals surface area contributed by atoms with Crippen molar-refractivity contribution in [2.45, 2.75) is 13.3 Å². The number of methoxy groups -OCH3 is 1. The molecule has 0 fully saturated rings. The molecule has 0 aliphatic rings. The van der Waals surface area contributed by atoms with Crippen LogP contribution in [0.25, 0.3) is 0 Å². The minimum absolute atomic E-state index is 0.0948. The summed E-state index contributed by atoms with van der Waals surface area (Å²) in [7, 11) is 1.39. The first-order chi connectivity index (χ1) is 5.76. The molecule has 0 bridgehead atoms. The van der Waals surface area contributed by atoms with Gasteiger partial charge in [0.2, 0.25) is 0 Å². The van der Waals surface area contributed by atoms with Gasteiger partial charge in [0.1, 0.15) is 0 Å². The van der Waals surface area contributed by atoms with Crippen LogP contribution in [-0.2, 0) is 9.53 Å². The molecule has 0 saturated carbocycles. The van der Waals surface area contributed by atoms with Gasteiger partial charge in [0.05, 0.1) is 19.6 Å². The van der Waals surface area contributed by atoms with Gasteiger partial charge < -0.3 is 15.2 Å². The fourth-order valence-electron chi connectivity index (χ4n) is 0.916. The van der Waals surface area contributed by atoms with Crippen molar-refractivity contribution in [2.24, 2.45) is 5.92 Å². The van der Waals surface area contributed by atoms with Crippen LogP contribution in [0.1, 0.15) is 13.3 Å². The minimum Gasteiger partial charge on any atom is -0.469 e. The normalized spacial score (nSPS) is 12.6. The highest BCUT2D eigenvalue weighted by molar-refractivity contribution is 5.72. The summed E-state index contributed by atoms with van der Waals surface area (Å²) in [6.07, 6.45) is 0.755. The van der Waals surface area contributed by atoms with E-state index in [4.69, 9.17) is 5.11 Å². The van der Waals surface area contributed by atoms with Gasteiger partial charge in [-0.15, -0.1) is 0 Å². The molecule has 4 heteroatoms. The van der Waals surface area contributed by atoms with Crippen molar-refractivity contribution in [1.29, 1.82) is 0 Å². The summed E-state index contributed by atoms with van der Waals surface area (Å²) in [5.41, 5.74) is 0. The summed E-state index contributed by atoms with van der Waals surface area (Å²) in [5.74, 6) is -0.288. The number of aliphatic hydroxyl groups is 1. The van der Waals surface area contributed by atoms with Crippen molar-refractivity contribution in [3.8, 4) is 0 Å². The monoisotopic (exact) mass is 175 g/mol. The lowest BCUT2D eigenvalue weighted by atomic mass is 10.1. The molecule has 0 amide bonds. The predicted octanol–water partition coefficient (Wildman–Crippen LogP) is -0.233. The topological polar surface area (TPSA) is 58.6 Å². The van der Waals surface area contributed by atoms with Crippen molar-refractivity contribution in [2.75, 3.05) is 26.8 Å². The summed E-state index contributed by atoms with van der Waals surface area (Å²) in [6, 6.07) is 0. The number of carbonyl (C=O) groups excluding carboxylic acids is 1. The molecule has 0 rings (SSSR count). The third kappa shape index (κ3) is 4.31. The molecule has 1 unspecified atom stereocenters. The van der Waals surface area contributed by atoms with Gasteiger partial charge in [-0.3, -0.25) is 4.79 Å². The second-order valence-corrected chi connectivity index (χ2v) is 2.56. The van der Waals surface area contributed by atoms with Crippen molar-refractivity contribution < 1.29 is 14.6 Å². The molecule has 2 N–H and O–H groups in total. The Balaban J connectivity index is 3.60. The van der Waals surface area contributed by atoms with Crippen molar-refractivity contribution in [3.63, 3.8) is 0 Å². The molecular weight excluding hydrogens is 158 g/mol. The third-order valence-corrected chi connectivity index (χ3v) is 1.71. The number of esters is 1. The van der Waals surface area contributed by atoms with Crippen LogP contribution in [0.3, 0.4) is 0 Å². The zero-order valence-electron chi connectivity index (χ0n) is 7.67. The van der Waals surface area contributed by atoms with Crippen molar-refractivity contribution >= 4 is 5.97 Å². The molecular formula is C8H17NO3. The van der Waals surface area contributed by atoms with E-state index in [1.54, 1.807) is 0 Å². The molecule has 0 heterocycles. The van der Waals surface area contributed by atoms with Crippen LogP contribution in [0.15, 0.2) is 0 Å². The van der Waals surface area contributed by atoms with Crippen molar-refractivity contribution in [3.05, 3.63) is 0 Å². The van der Waals surface area contributed by atoms with Crippen LogP contribution >= 0.6 is 0 Å². The molecule has 0 aromatic carbocycles. The second-order valence-electron chi connectivity index (χ2n) is 2.56. The lowest BCUT2D eigenvalue weighted by Gasteiger charge is -2.12. The first-order valence-corrected chi connectivity index (χ1v) is 4.15. The van der Waals surface area contributed by atoms with E-state index in [-0.39, 0.29) is 18.5 Å². The smallest absolute Gasteiger partial charge is 0.309 e. The van der Waals surface area contributed by atoms with E-state index in [2.05, 4.69) is 10.1 Å². The number of rotatable bonds is 6. The maximum Gasteiger partial charge on any atom is 0.309 e. The molecule has 0 aromatic heterocycles. The Morgan fingerprint density at radius 1 is 1.67 bits per heavy atom. The van der Waals surface area contributed by atoms with Gasteiger partial charge in [0, 0.05) is 13.1 Å². The summed E-state index contributed by atoms with van der Waals surface area (Å²) in [5, 5.41) is 11.4. The lowest BCUT2D eigenvalue weighted by molar-refractivity contribution is -0.145. The van der Waals surface area contributed by atoms with Crippen LogP contribution < -0.4 is 5.32 Å². The number of hydrogen-bond acceptors (Lipinski definition) is 4. The van der Waals surface area contributed by atoms with E-state index >= 15 is 0 Å². The molecule has 0 aromatic rings. The average molecular weight is 175 g/mol. The fourth-order valence-corrected chi connectivity index (χ4v) is 0.916. The standard InChI is InChI=1S/C8H17NO3/c1-3-7(8(11)12-2)6-9-4-5-10/h7,9-10H,3-6H2,1-2H3. The van der Waals surface area contributed by atoms with Gasteiger partial charge in [-0.1, -0.05) is 6.92 Å². The summed E-state index contributed by atoms with van der Waals surface area (Å²) in [4.78, 5) is 11.0. The van der Waals surface area contributed by atoms with E-state index < -0.39 is 0 Å². The van der Waals surface area contributed by atoms with Crippen LogP contribution in [0.4, 0.5) is 0 Å². The first-order valence-electron chi connectivity index (χ1n) is 4.15. The Bertz CT molecular complexity index is 127. The Hall–Kier alpha value is -0.610. The molecule has 1 atom stereocenters. The summed E-state index contributed by atoms with van der Waals surface area (Å²) < 4.78 is 4.59. The predicted molar refractivity (Wildman–Crippen MR) is 45.8 cm³/mol. The largest absolute Gasteiger partial charge is 0.469 e. The van der Waals surface area contributed by atoms with E-state index in [1.165, 1.54) is 7.11 Å². The Morgan fingerprint density at radius 3 is 2.75 bits per heavy atom. The molecule has 0 aliphatic heterocycles. The van der Waals surface area contributed by atoms with Gasteiger partial charge in [0.15, 0.2) is 0 Å². The Morgan fingerprint density at radius 2 is 2.33 bits per heavy atom. The molecule has 4 nitrogen and oxygen atoms in total. The molecule has 0 radical (unpaired) electrons. The zero-order valence-corrected chi connectivity index (χ0v) is 7.67. The number of ether oxygens (including phenoxy) is 1. The van der Waals surface area contributed by atoms with E-state index in [0.717, 1.165) is 6.42 Å². The number of nitrogens with one attached hydrogen (secondary N) is 1. The highest BCUT2D eigenvalue weighted by Gasteiger charge is 2.15. The molecule has 0 aliphatic carbocycles. The lowest BCUT2D eigenvalue weighted by Crippen LogP contribution is -2.30. The summed E-state index contributed by atoms with van der Waals surface area (Å²) in [6.45, 7) is 3.12. The molecule has 0 spiro atoms. The average Bonchev–Trinajstić information content (AvgIpc) is 2.11. The van der Waals surface area contributed by atoms with Gasteiger partial charge in [-0.25, -0.2) is 0 Å². The fraction of sp³-hybridized carbons (Fsp3) is 0.875. The Kier molecular flexibility index (Phi) is 6.70. The summed E-state index contributed by atoms with van der Waals surface area (Å²) >= 11 is 0. The van der Waals surface area contributed by atoms with Gasteiger partial charge in [-0.2, -0.15) is 0 Å². The number of aliphatic hydroxyl groups excluding tert-OH is 1. The number of hydrogen-bond donors (Lipinski definition) is 2. The maximum atomic E-state index is 11.0. The van der Waals surface area contributed by atoms with Crippen molar-refractivity contribution in [1.82, 2.24) is 5.32 Å². The van der Waals surface area contributed by atoms with Crippen LogP contribution in [0.2, 0.25) is 0 Å². The van der Waals surface area contributed by atoms with Crippen LogP contribution in [0, 0.1) is 5.92 Å². The minimum atomic E-state index is -0.192. The molecule has 0 saturated heterocycles. The Labute approximate surface area is 72.9 Å². The van der Waals surface area contributed by atoms with E-state index in [0.29, 0.717) is 13.1 Å². The van der Waals surface area contributed by atoms with Gasteiger partial charge >= 0.3 is 5.97 Å². The van der Waals surface area contributed by atoms with Gasteiger partial charge in [0.25, 0.3) is 0 Å². The maximum absolute atomic E-state index is 11.0. The van der Waals surface area contributed by atoms with E-state index in [1.807, 2.05) is 6.92 Å². The number of carbonyl (C=O) groups is 1. The molecule has 12 heavy (non-hydrogen) atoms. The van der Waals surface area contributed by atoms with Crippen LogP contribution in [0.5, 0.6) is 0 Å². The molecule has 72 valence electrons. The third-order valence-electron chi connectivity index (χ3n) is 1.71. The van der Waals surface area contributed by atoms with Gasteiger partial charge in [-0.05, 0) is 6.42 Å². The quantitative estimate of drug-likeness (QED) is 0.432.